The fourth-order valence-corrected chi connectivity index (χ4v) is 3.51. The predicted molar refractivity (Wildman–Crippen MR) is 104 cm³/mol. The summed E-state index contributed by atoms with van der Waals surface area (Å²) in [5, 5.41) is 7.57. The summed E-state index contributed by atoms with van der Waals surface area (Å²) in [6.07, 6.45) is 5.39. The first kappa shape index (κ1) is 18.6. The Bertz CT molecular complexity index is 869. The second kappa shape index (κ2) is 8.50. The Morgan fingerprint density at radius 2 is 1.96 bits per heavy atom. The summed E-state index contributed by atoms with van der Waals surface area (Å²) >= 11 is 0. The van der Waals surface area contributed by atoms with Crippen LogP contribution in [0.3, 0.4) is 0 Å². The van der Waals surface area contributed by atoms with E-state index < -0.39 is 0 Å². The van der Waals surface area contributed by atoms with Crippen LogP contribution in [0.1, 0.15) is 24.3 Å². The molecule has 1 aliphatic rings. The van der Waals surface area contributed by atoms with Gasteiger partial charge in [-0.25, -0.2) is 0 Å². The number of pyridine rings is 1. The number of rotatable bonds is 7. The molecule has 1 N–H and O–H groups in total. The Balaban J connectivity index is 1.46. The topological polar surface area (TPSA) is 82.3 Å². The second-order valence-corrected chi connectivity index (χ2v) is 7.06. The summed E-state index contributed by atoms with van der Waals surface area (Å²) in [5.74, 6) is 2.02. The molecule has 1 fully saturated rings. The Hall–Kier alpha value is -2.77. The minimum absolute atomic E-state index is 0.210. The maximum atomic E-state index is 5.80. The molecule has 0 atom stereocenters. The van der Waals surface area contributed by atoms with Crippen molar-refractivity contribution >= 4 is 0 Å². The summed E-state index contributed by atoms with van der Waals surface area (Å²) in [4.78, 5) is 8.77. The molecule has 0 radical (unpaired) electrons. The van der Waals surface area contributed by atoms with Crippen molar-refractivity contribution in [2.45, 2.75) is 24.9 Å². The van der Waals surface area contributed by atoms with Crippen molar-refractivity contribution in [1.82, 2.24) is 20.4 Å². The molecule has 28 heavy (non-hydrogen) atoms. The minimum Gasteiger partial charge on any atom is -0.489 e. The Morgan fingerprint density at radius 3 is 2.68 bits per heavy atom. The van der Waals surface area contributed by atoms with Crippen LogP contribution in [0.25, 0.3) is 11.4 Å². The van der Waals surface area contributed by atoms with Gasteiger partial charge in [-0.15, -0.1) is 0 Å². The summed E-state index contributed by atoms with van der Waals surface area (Å²) in [5.41, 5.74) is 1.71. The normalized spacial score (nSPS) is 16.0. The maximum Gasteiger partial charge on any atom is 0.235 e. The zero-order valence-corrected chi connectivity index (χ0v) is 15.9. The number of nitrogens with one attached hydrogen (secondary N) is 1. The Labute approximate surface area is 164 Å². The molecule has 0 aliphatic carbocycles. The van der Waals surface area contributed by atoms with E-state index in [2.05, 4.69) is 20.4 Å². The molecule has 7 nitrogen and oxygen atoms in total. The average molecular weight is 380 g/mol. The fraction of sp³-hybridized carbons (Fsp3) is 0.381. The van der Waals surface area contributed by atoms with Crippen LogP contribution in [0.5, 0.6) is 5.75 Å². The van der Waals surface area contributed by atoms with E-state index >= 15 is 0 Å². The van der Waals surface area contributed by atoms with E-state index in [0.29, 0.717) is 24.9 Å². The van der Waals surface area contributed by atoms with Crippen molar-refractivity contribution < 1.29 is 14.0 Å². The van der Waals surface area contributed by atoms with Crippen LogP contribution in [0.4, 0.5) is 0 Å². The van der Waals surface area contributed by atoms with Crippen LogP contribution in [0, 0.1) is 0 Å². The third-order valence-electron chi connectivity index (χ3n) is 5.10. The number of ether oxygens (including phenoxy) is 2. The van der Waals surface area contributed by atoms with Gasteiger partial charge in [-0.2, -0.15) is 4.98 Å². The number of aromatic nitrogens is 3. The molecule has 0 bridgehead atoms. The highest BCUT2D eigenvalue weighted by atomic mass is 16.5. The van der Waals surface area contributed by atoms with Gasteiger partial charge in [0.25, 0.3) is 0 Å². The molecule has 0 spiro atoms. The number of methoxy groups -OCH3 is 1. The lowest BCUT2D eigenvalue weighted by Crippen LogP contribution is -2.43. The van der Waals surface area contributed by atoms with E-state index in [1.807, 2.05) is 36.4 Å². The highest BCUT2D eigenvalue weighted by molar-refractivity contribution is 5.55. The molecule has 1 aliphatic heterocycles. The lowest BCUT2D eigenvalue weighted by molar-refractivity contribution is 0.0850. The number of nitrogens with zero attached hydrogens (tertiary/aromatic N) is 3. The molecule has 7 heteroatoms. The van der Waals surface area contributed by atoms with Crippen molar-refractivity contribution in [3.05, 3.63) is 60.2 Å². The third kappa shape index (κ3) is 4.05. The monoisotopic (exact) mass is 380 g/mol. The number of benzene rings is 1. The van der Waals surface area contributed by atoms with Crippen molar-refractivity contribution in [2.24, 2.45) is 0 Å². The van der Waals surface area contributed by atoms with E-state index in [1.54, 1.807) is 19.5 Å². The van der Waals surface area contributed by atoms with Crippen molar-refractivity contribution in [3.8, 4) is 17.1 Å². The molecule has 146 valence electrons. The van der Waals surface area contributed by atoms with E-state index in [9.17, 15) is 0 Å². The quantitative estimate of drug-likeness (QED) is 0.675. The van der Waals surface area contributed by atoms with Gasteiger partial charge in [0.05, 0.1) is 12.0 Å². The van der Waals surface area contributed by atoms with Crippen LogP contribution < -0.4 is 10.1 Å². The molecule has 2 aromatic heterocycles. The first-order valence-electron chi connectivity index (χ1n) is 9.45. The Morgan fingerprint density at radius 1 is 1.14 bits per heavy atom. The standard InChI is InChI=1S/C21H24N4O3/c1-26-15-21(8-11-22-12-9-21)20-24-19(25-28-20)17-4-6-18(7-5-17)27-14-16-3-2-10-23-13-16/h2-7,10,13,22H,8-9,11-12,14-15H2,1H3. The lowest BCUT2D eigenvalue weighted by Gasteiger charge is -2.33. The van der Waals surface area contributed by atoms with Crippen LogP contribution in [-0.4, -0.2) is 41.9 Å². The fourth-order valence-electron chi connectivity index (χ4n) is 3.51. The van der Waals surface area contributed by atoms with Gasteiger partial charge in [-0.1, -0.05) is 11.2 Å². The highest BCUT2D eigenvalue weighted by Gasteiger charge is 2.39. The van der Waals surface area contributed by atoms with Crippen LogP contribution in [0.2, 0.25) is 0 Å². The zero-order chi connectivity index (χ0) is 19.2. The van der Waals surface area contributed by atoms with Crippen molar-refractivity contribution in [1.29, 1.82) is 0 Å². The van der Waals surface area contributed by atoms with Crippen LogP contribution >= 0.6 is 0 Å². The molecule has 4 rings (SSSR count). The average Bonchev–Trinajstić information content (AvgIpc) is 3.25. The van der Waals surface area contributed by atoms with E-state index in [-0.39, 0.29) is 5.41 Å². The van der Waals surface area contributed by atoms with Gasteiger partial charge in [-0.05, 0) is 56.3 Å². The molecule has 0 unspecified atom stereocenters. The Kier molecular flexibility index (Phi) is 5.64. The van der Waals surface area contributed by atoms with Gasteiger partial charge in [0.2, 0.25) is 11.7 Å². The number of piperidine rings is 1. The van der Waals surface area contributed by atoms with Gasteiger partial charge in [0, 0.05) is 30.6 Å². The van der Waals surface area contributed by atoms with E-state index in [1.165, 1.54) is 0 Å². The van der Waals surface area contributed by atoms with Gasteiger partial charge >= 0.3 is 0 Å². The van der Waals surface area contributed by atoms with E-state index in [0.717, 1.165) is 42.8 Å². The molecular weight excluding hydrogens is 356 g/mol. The van der Waals surface area contributed by atoms with E-state index in [4.69, 9.17) is 14.0 Å². The van der Waals surface area contributed by atoms with Gasteiger partial charge < -0.3 is 19.3 Å². The molecule has 1 aromatic carbocycles. The predicted octanol–water partition coefficient (Wildman–Crippen LogP) is 2.98. The largest absolute Gasteiger partial charge is 0.489 e. The first-order chi connectivity index (χ1) is 13.8. The highest BCUT2D eigenvalue weighted by Crippen LogP contribution is 2.34. The SMILES string of the molecule is COCC1(c2nc(-c3ccc(OCc4cccnc4)cc3)no2)CCNCC1. The molecule has 3 heterocycles. The molecule has 3 aromatic rings. The summed E-state index contributed by atoms with van der Waals surface area (Å²) < 4.78 is 16.9. The summed E-state index contributed by atoms with van der Waals surface area (Å²) in [6, 6.07) is 11.6. The number of hydrogen-bond donors (Lipinski definition) is 1. The van der Waals surface area contributed by atoms with Crippen LogP contribution in [0.15, 0.2) is 53.3 Å². The summed E-state index contributed by atoms with van der Waals surface area (Å²) in [6.45, 7) is 2.90. The van der Waals surface area contributed by atoms with Crippen LogP contribution in [-0.2, 0) is 16.8 Å². The first-order valence-corrected chi connectivity index (χ1v) is 9.45. The van der Waals surface area contributed by atoms with Gasteiger partial charge in [0.15, 0.2) is 0 Å². The molecule has 1 saturated heterocycles. The minimum atomic E-state index is -0.210. The van der Waals surface area contributed by atoms with Gasteiger partial charge in [0.1, 0.15) is 12.4 Å². The molecule has 0 amide bonds. The molecular formula is C21H24N4O3. The number of hydrogen-bond acceptors (Lipinski definition) is 7. The van der Waals surface area contributed by atoms with Gasteiger partial charge in [-0.3, -0.25) is 4.98 Å². The third-order valence-corrected chi connectivity index (χ3v) is 5.10. The molecule has 0 saturated carbocycles. The lowest BCUT2D eigenvalue weighted by atomic mass is 9.79. The smallest absolute Gasteiger partial charge is 0.235 e. The summed E-state index contributed by atoms with van der Waals surface area (Å²) in [7, 11) is 1.71. The maximum absolute atomic E-state index is 5.80. The van der Waals surface area contributed by atoms with Crippen molar-refractivity contribution in [2.75, 3.05) is 26.8 Å². The zero-order valence-electron chi connectivity index (χ0n) is 15.9. The van der Waals surface area contributed by atoms with Crippen molar-refractivity contribution in [3.63, 3.8) is 0 Å². The second-order valence-electron chi connectivity index (χ2n) is 7.06.